The fraction of sp³-hybridized carbons (Fsp3) is 0.529. The molecule has 0 radical (unpaired) electrons. The van der Waals surface area contributed by atoms with Gasteiger partial charge in [-0.1, -0.05) is 0 Å². The largest absolute Gasteiger partial charge is 0.379 e. The summed E-state index contributed by atoms with van der Waals surface area (Å²) < 4.78 is 19.3. The average Bonchev–Trinajstić information content (AvgIpc) is 3.18. The van der Waals surface area contributed by atoms with Gasteiger partial charge in [0.05, 0.1) is 24.9 Å². The number of nitrogens with zero attached hydrogens (tertiary/aromatic N) is 1. The number of halogens is 1. The summed E-state index contributed by atoms with van der Waals surface area (Å²) in [5, 5.41) is 8.42. The molecule has 2 aliphatic rings. The summed E-state index contributed by atoms with van der Waals surface area (Å²) in [6, 6.07) is 3.92. The molecule has 0 aliphatic carbocycles. The number of benzene rings is 1. The van der Waals surface area contributed by atoms with Crippen LogP contribution in [-0.2, 0) is 14.3 Å². The number of thioether (sulfide) groups is 1. The Morgan fingerprint density at radius 1 is 1.31 bits per heavy atom. The van der Waals surface area contributed by atoms with Crippen molar-refractivity contribution in [3.05, 3.63) is 24.0 Å². The van der Waals surface area contributed by atoms with Crippen LogP contribution in [0.5, 0.6) is 0 Å². The predicted octanol–water partition coefficient (Wildman–Crippen LogP) is 1.09. The van der Waals surface area contributed by atoms with Crippen molar-refractivity contribution in [2.24, 2.45) is 0 Å². The van der Waals surface area contributed by atoms with Gasteiger partial charge in [-0.25, -0.2) is 4.39 Å². The van der Waals surface area contributed by atoms with Gasteiger partial charge in [0.1, 0.15) is 5.82 Å². The summed E-state index contributed by atoms with van der Waals surface area (Å²) in [6.07, 6.45) is 0.277. The summed E-state index contributed by atoms with van der Waals surface area (Å²) in [5.74, 6) is 0.501. The molecule has 2 saturated heterocycles. The summed E-state index contributed by atoms with van der Waals surface area (Å²) >= 11 is 1.65. The van der Waals surface area contributed by atoms with Crippen LogP contribution in [0.3, 0.4) is 0 Å². The van der Waals surface area contributed by atoms with Gasteiger partial charge in [0.2, 0.25) is 11.8 Å². The molecule has 1 unspecified atom stereocenters. The Hall–Kier alpha value is -1.68. The minimum atomic E-state index is -0.530. The van der Waals surface area contributed by atoms with Crippen LogP contribution < -0.4 is 16.0 Å². The molecule has 9 heteroatoms. The van der Waals surface area contributed by atoms with E-state index < -0.39 is 5.82 Å². The zero-order valence-electron chi connectivity index (χ0n) is 14.4. The maximum atomic E-state index is 14.0. The molecule has 1 aromatic carbocycles. The van der Waals surface area contributed by atoms with Gasteiger partial charge in [-0.15, -0.1) is 11.8 Å². The highest BCUT2D eigenvalue weighted by Gasteiger charge is 2.22. The molecule has 7 nitrogen and oxygen atoms in total. The SMILES string of the molecule is O=C(CCN1CCOCC1)Nc1cc(NC(=O)C2CSCN2)ccc1F. The fourth-order valence-corrected chi connectivity index (χ4v) is 3.73. The van der Waals surface area contributed by atoms with Gasteiger partial charge in [-0.3, -0.25) is 19.8 Å². The first-order valence-electron chi connectivity index (χ1n) is 8.63. The fourth-order valence-electron chi connectivity index (χ4n) is 2.79. The van der Waals surface area contributed by atoms with Gasteiger partial charge in [-0.2, -0.15) is 0 Å². The smallest absolute Gasteiger partial charge is 0.242 e. The maximum Gasteiger partial charge on any atom is 0.242 e. The molecule has 0 spiro atoms. The van der Waals surface area contributed by atoms with Crippen LogP contribution >= 0.6 is 11.8 Å². The monoisotopic (exact) mass is 382 g/mol. The van der Waals surface area contributed by atoms with Crippen LogP contribution in [0.25, 0.3) is 0 Å². The third-order valence-electron chi connectivity index (χ3n) is 4.30. The minimum Gasteiger partial charge on any atom is -0.379 e. The van der Waals surface area contributed by atoms with Crippen LogP contribution in [0.15, 0.2) is 18.2 Å². The van der Waals surface area contributed by atoms with Gasteiger partial charge >= 0.3 is 0 Å². The lowest BCUT2D eigenvalue weighted by Gasteiger charge is -2.26. The minimum absolute atomic E-state index is 0.0727. The lowest BCUT2D eigenvalue weighted by Crippen LogP contribution is -2.38. The molecule has 0 saturated carbocycles. The Morgan fingerprint density at radius 2 is 2.12 bits per heavy atom. The molecule has 0 bridgehead atoms. The van der Waals surface area contributed by atoms with E-state index in [1.165, 1.54) is 18.2 Å². The normalized spacial score (nSPS) is 20.7. The van der Waals surface area contributed by atoms with Crippen molar-refractivity contribution in [2.75, 3.05) is 55.1 Å². The van der Waals surface area contributed by atoms with Gasteiger partial charge in [0, 0.05) is 43.4 Å². The van der Waals surface area contributed by atoms with E-state index in [1.54, 1.807) is 11.8 Å². The first kappa shape index (κ1) is 19.1. The molecular formula is C17H23FN4O3S. The molecule has 2 aliphatic heterocycles. The first-order chi connectivity index (χ1) is 12.6. The van der Waals surface area contributed by atoms with E-state index in [0.29, 0.717) is 31.2 Å². The standard InChI is InChI=1S/C17H23FN4O3S/c18-13-2-1-12(20-17(24)15-10-26-11-19-15)9-14(13)21-16(23)3-4-22-5-7-25-8-6-22/h1-2,9,15,19H,3-8,10-11H2,(H,20,24)(H,21,23). The van der Waals surface area contributed by atoms with Crippen LogP contribution in [0, 0.1) is 5.82 Å². The van der Waals surface area contributed by atoms with Crippen molar-refractivity contribution >= 4 is 35.0 Å². The summed E-state index contributed by atoms with van der Waals surface area (Å²) in [7, 11) is 0. The van der Waals surface area contributed by atoms with Gasteiger partial charge < -0.3 is 15.4 Å². The van der Waals surface area contributed by atoms with E-state index in [1.807, 2.05) is 0 Å². The Morgan fingerprint density at radius 3 is 2.85 bits per heavy atom. The number of nitrogens with one attached hydrogen (secondary N) is 3. The molecule has 3 N–H and O–H groups in total. The number of amides is 2. The van der Waals surface area contributed by atoms with Crippen molar-refractivity contribution < 1.29 is 18.7 Å². The number of morpholine rings is 1. The van der Waals surface area contributed by atoms with Crippen LogP contribution in [0.2, 0.25) is 0 Å². The number of carbonyl (C=O) groups excluding carboxylic acids is 2. The van der Waals surface area contributed by atoms with Crippen molar-refractivity contribution in [3.63, 3.8) is 0 Å². The van der Waals surface area contributed by atoms with Crippen molar-refractivity contribution in [1.29, 1.82) is 0 Å². The van der Waals surface area contributed by atoms with Crippen molar-refractivity contribution in [1.82, 2.24) is 10.2 Å². The highest BCUT2D eigenvalue weighted by Crippen LogP contribution is 2.21. The van der Waals surface area contributed by atoms with Gasteiger partial charge in [0.25, 0.3) is 0 Å². The third-order valence-corrected chi connectivity index (χ3v) is 5.24. The third kappa shape index (κ3) is 5.41. The number of anilines is 2. The van der Waals surface area contributed by atoms with Crippen molar-refractivity contribution in [3.8, 4) is 0 Å². The number of hydrogen-bond donors (Lipinski definition) is 3. The number of ether oxygens (including phenoxy) is 1. The van der Waals surface area contributed by atoms with Crippen molar-refractivity contribution in [2.45, 2.75) is 12.5 Å². The summed E-state index contributed by atoms with van der Waals surface area (Å²) in [4.78, 5) is 26.4. The Labute approximate surface area is 156 Å². The second kappa shape index (κ2) is 9.31. The van der Waals surface area contributed by atoms with Crippen LogP contribution in [-0.4, -0.2) is 67.2 Å². The van der Waals surface area contributed by atoms with Gasteiger partial charge in [-0.05, 0) is 18.2 Å². The summed E-state index contributed by atoms with van der Waals surface area (Å²) in [5.41, 5.74) is 0.530. The molecule has 1 aromatic rings. The highest BCUT2D eigenvalue weighted by atomic mass is 32.2. The second-order valence-electron chi connectivity index (χ2n) is 6.21. The lowest BCUT2D eigenvalue weighted by atomic mass is 10.2. The Bertz CT molecular complexity index is 649. The molecular weight excluding hydrogens is 359 g/mol. The second-order valence-corrected chi connectivity index (χ2v) is 7.24. The molecule has 3 rings (SSSR count). The molecule has 0 aromatic heterocycles. The van der Waals surface area contributed by atoms with E-state index in [2.05, 4.69) is 20.9 Å². The zero-order chi connectivity index (χ0) is 18.4. The number of hydrogen-bond acceptors (Lipinski definition) is 6. The van der Waals surface area contributed by atoms with E-state index in [4.69, 9.17) is 4.74 Å². The van der Waals surface area contributed by atoms with Crippen LogP contribution in [0.4, 0.5) is 15.8 Å². The molecule has 2 fully saturated rings. The van der Waals surface area contributed by atoms with E-state index in [-0.39, 0.29) is 30.0 Å². The van der Waals surface area contributed by atoms with Crippen LogP contribution in [0.1, 0.15) is 6.42 Å². The lowest BCUT2D eigenvalue weighted by molar-refractivity contribution is -0.117. The molecule has 2 amide bonds. The summed E-state index contributed by atoms with van der Waals surface area (Å²) in [6.45, 7) is 3.56. The molecule has 1 atom stereocenters. The average molecular weight is 382 g/mol. The van der Waals surface area contributed by atoms with E-state index in [0.717, 1.165) is 19.0 Å². The predicted molar refractivity (Wildman–Crippen MR) is 99.8 cm³/mol. The zero-order valence-corrected chi connectivity index (χ0v) is 15.2. The topological polar surface area (TPSA) is 82.7 Å². The first-order valence-corrected chi connectivity index (χ1v) is 9.79. The van der Waals surface area contributed by atoms with E-state index >= 15 is 0 Å². The van der Waals surface area contributed by atoms with E-state index in [9.17, 15) is 14.0 Å². The maximum absolute atomic E-state index is 14.0. The quantitative estimate of drug-likeness (QED) is 0.683. The van der Waals surface area contributed by atoms with Gasteiger partial charge in [0.15, 0.2) is 0 Å². The Kier molecular flexibility index (Phi) is 6.84. The molecule has 142 valence electrons. The molecule has 2 heterocycles. The Balaban J connectivity index is 1.53. The highest BCUT2D eigenvalue weighted by molar-refractivity contribution is 7.99. The number of carbonyl (C=O) groups is 2. The molecule has 26 heavy (non-hydrogen) atoms. The number of rotatable bonds is 6.